The van der Waals surface area contributed by atoms with E-state index in [4.69, 9.17) is 9.84 Å². The predicted octanol–water partition coefficient (Wildman–Crippen LogP) is 3.34. The van der Waals surface area contributed by atoms with Crippen molar-refractivity contribution in [3.05, 3.63) is 89.7 Å². The Morgan fingerprint density at radius 1 is 0.962 bits per heavy atom. The summed E-state index contributed by atoms with van der Waals surface area (Å²) in [5.41, 5.74) is 2.54. The monoisotopic (exact) mass is 348 g/mol. The minimum Gasteiger partial charge on any atom is -0.457 e. The van der Waals surface area contributed by atoms with Crippen LogP contribution in [0.1, 0.15) is 21.5 Å². The van der Waals surface area contributed by atoms with Crippen LogP contribution in [0.2, 0.25) is 0 Å². The van der Waals surface area contributed by atoms with Gasteiger partial charge in [-0.2, -0.15) is 0 Å². The van der Waals surface area contributed by atoms with E-state index in [9.17, 15) is 4.79 Å². The fourth-order valence-electron chi connectivity index (χ4n) is 2.48. The molecule has 0 saturated carbocycles. The Balaban J connectivity index is 1.55. The van der Waals surface area contributed by atoms with E-state index in [-0.39, 0.29) is 12.5 Å². The number of aromatic nitrogens is 1. The van der Waals surface area contributed by atoms with Crippen molar-refractivity contribution in [1.82, 2.24) is 10.3 Å². The number of carbonyl (C=O) groups is 1. The summed E-state index contributed by atoms with van der Waals surface area (Å²) in [6.07, 6.45) is 4.03. The van der Waals surface area contributed by atoms with E-state index in [1.165, 1.54) is 0 Å². The van der Waals surface area contributed by atoms with Gasteiger partial charge in [0, 0.05) is 24.5 Å². The van der Waals surface area contributed by atoms with Gasteiger partial charge in [0.1, 0.15) is 11.5 Å². The van der Waals surface area contributed by atoms with Crippen LogP contribution in [0.4, 0.5) is 0 Å². The molecule has 5 heteroatoms. The first-order valence-electron chi connectivity index (χ1n) is 8.39. The largest absolute Gasteiger partial charge is 0.457 e. The molecule has 0 aliphatic heterocycles. The maximum Gasteiger partial charge on any atom is 0.251 e. The van der Waals surface area contributed by atoms with E-state index < -0.39 is 0 Å². The fraction of sp³-hybridized carbons (Fsp3) is 0.143. The second-order valence-electron chi connectivity index (χ2n) is 5.79. The van der Waals surface area contributed by atoms with Crippen LogP contribution in [0.3, 0.4) is 0 Å². The zero-order chi connectivity index (χ0) is 18.2. The Labute approximate surface area is 152 Å². The van der Waals surface area contributed by atoms with Crippen molar-refractivity contribution in [1.29, 1.82) is 0 Å². The Morgan fingerprint density at radius 2 is 1.69 bits per heavy atom. The normalized spacial score (nSPS) is 10.3. The third-order valence-corrected chi connectivity index (χ3v) is 3.89. The zero-order valence-corrected chi connectivity index (χ0v) is 14.3. The van der Waals surface area contributed by atoms with Crippen LogP contribution in [-0.2, 0) is 13.0 Å². The number of amides is 1. The molecule has 5 nitrogen and oxygen atoms in total. The van der Waals surface area contributed by atoms with Gasteiger partial charge in [0.2, 0.25) is 0 Å². The third kappa shape index (κ3) is 4.91. The second kappa shape index (κ2) is 8.78. The van der Waals surface area contributed by atoms with Crippen molar-refractivity contribution >= 4 is 5.91 Å². The number of aliphatic hydroxyl groups is 1. The lowest BCUT2D eigenvalue weighted by molar-refractivity contribution is 0.0954. The molecule has 1 amide bonds. The van der Waals surface area contributed by atoms with E-state index in [0.29, 0.717) is 23.6 Å². The molecule has 0 fully saturated rings. The minimum atomic E-state index is -0.142. The Hall–Kier alpha value is -3.18. The Morgan fingerprint density at radius 3 is 2.42 bits per heavy atom. The molecule has 0 unspecified atom stereocenters. The lowest BCUT2D eigenvalue weighted by Gasteiger charge is -2.09. The van der Waals surface area contributed by atoms with Crippen LogP contribution < -0.4 is 10.1 Å². The molecule has 0 saturated heterocycles. The number of carbonyl (C=O) groups excluding carboxylic acids is 1. The SMILES string of the molecule is O=C(NCCc1ccc(CO)cc1)c1cccc(Oc2ccncc2)c1. The Kier molecular flexibility index (Phi) is 5.96. The van der Waals surface area contributed by atoms with Crippen molar-refractivity contribution in [2.45, 2.75) is 13.0 Å². The maximum absolute atomic E-state index is 12.3. The molecular weight excluding hydrogens is 328 g/mol. The van der Waals surface area contributed by atoms with Crippen LogP contribution >= 0.6 is 0 Å². The molecular formula is C21H20N2O3. The van der Waals surface area contributed by atoms with Crippen LogP contribution in [0.5, 0.6) is 11.5 Å². The summed E-state index contributed by atoms with van der Waals surface area (Å²) < 4.78 is 5.72. The molecule has 0 bridgehead atoms. The standard InChI is InChI=1S/C21H20N2O3/c24-15-17-6-4-16(5-7-17)8-13-23-21(25)18-2-1-3-20(14-18)26-19-9-11-22-12-10-19/h1-7,9-12,14,24H,8,13,15H2,(H,23,25). The molecule has 1 aromatic heterocycles. The van der Waals surface area contributed by atoms with Crippen molar-refractivity contribution in [3.8, 4) is 11.5 Å². The van der Waals surface area contributed by atoms with Gasteiger partial charge in [-0.15, -0.1) is 0 Å². The molecule has 0 aliphatic carbocycles. The summed E-state index contributed by atoms with van der Waals surface area (Å²) in [4.78, 5) is 16.3. The number of rotatable bonds is 7. The molecule has 0 spiro atoms. The number of aliphatic hydroxyl groups excluding tert-OH is 1. The van der Waals surface area contributed by atoms with Gasteiger partial charge in [-0.25, -0.2) is 0 Å². The van der Waals surface area contributed by atoms with Crippen molar-refractivity contribution < 1.29 is 14.6 Å². The first-order chi connectivity index (χ1) is 12.7. The van der Waals surface area contributed by atoms with Gasteiger partial charge >= 0.3 is 0 Å². The van der Waals surface area contributed by atoms with Crippen molar-refractivity contribution in [2.75, 3.05) is 6.54 Å². The molecule has 2 aromatic carbocycles. The zero-order valence-electron chi connectivity index (χ0n) is 14.3. The predicted molar refractivity (Wildman–Crippen MR) is 99.2 cm³/mol. The molecule has 0 radical (unpaired) electrons. The minimum absolute atomic E-state index is 0.0366. The number of nitrogens with zero attached hydrogens (tertiary/aromatic N) is 1. The molecule has 1 heterocycles. The molecule has 3 aromatic rings. The highest BCUT2D eigenvalue weighted by Gasteiger charge is 2.07. The Bertz CT molecular complexity index is 849. The number of hydrogen-bond donors (Lipinski definition) is 2. The molecule has 0 aliphatic rings. The highest BCUT2D eigenvalue weighted by Crippen LogP contribution is 2.21. The third-order valence-electron chi connectivity index (χ3n) is 3.89. The van der Waals surface area contributed by atoms with E-state index >= 15 is 0 Å². The molecule has 132 valence electrons. The number of benzene rings is 2. The van der Waals surface area contributed by atoms with Gasteiger partial charge in [0.25, 0.3) is 5.91 Å². The second-order valence-corrected chi connectivity index (χ2v) is 5.79. The quantitative estimate of drug-likeness (QED) is 0.687. The number of hydrogen-bond acceptors (Lipinski definition) is 4. The summed E-state index contributed by atoms with van der Waals surface area (Å²) >= 11 is 0. The van der Waals surface area contributed by atoms with Crippen LogP contribution in [0.15, 0.2) is 73.1 Å². The summed E-state index contributed by atoms with van der Waals surface area (Å²) in [5.74, 6) is 1.13. The number of ether oxygens (including phenoxy) is 1. The number of pyridine rings is 1. The molecule has 3 rings (SSSR count). The summed E-state index contributed by atoms with van der Waals surface area (Å²) in [5, 5.41) is 12.0. The van der Waals surface area contributed by atoms with Crippen LogP contribution in [-0.4, -0.2) is 22.5 Å². The average Bonchev–Trinajstić information content (AvgIpc) is 2.69. The maximum atomic E-state index is 12.3. The van der Waals surface area contributed by atoms with Crippen molar-refractivity contribution in [2.24, 2.45) is 0 Å². The first-order valence-corrected chi connectivity index (χ1v) is 8.39. The summed E-state index contributed by atoms with van der Waals surface area (Å²) in [6, 6.07) is 18.3. The average molecular weight is 348 g/mol. The molecule has 26 heavy (non-hydrogen) atoms. The van der Waals surface area contributed by atoms with Gasteiger partial charge in [0.15, 0.2) is 0 Å². The van der Waals surface area contributed by atoms with E-state index in [1.807, 2.05) is 24.3 Å². The van der Waals surface area contributed by atoms with Gasteiger partial charge in [-0.3, -0.25) is 9.78 Å². The van der Waals surface area contributed by atoms with Gasteiger partial charge < -0.3 is 15.2 Å². The molecule has 0 atom stereocenters. The smallest absolute Gasteiger partial charge is 0.251 e. The van der Waals surface area contributed by atoms with Gasteiger partial charge in [0.05, 0.1) is 6.61 Å². The number of nitrogens with one attached hydrogen (secondary N) is 1. The van der Waals surface area contributed by atoms with Gasteiger partial charge in [-0.1, -0.05) is 30.3 Å². The van der Waals surface area contributed by atoms with E-state index in [2.05, 4.69) is 10.3 Å². The van der Waals surface area contributed by atoms with Crippen LogP contribution in [0.25, 0.3) is 0 Å². The van der Waals surface area contributed by atoms with Crippen LogP contribution in [0, 0.1) is 0 Å². The summed E-state index contributed by atoms with van der Waals surface area (Å²) in [7, 11) is 0. The lowest BCUT2D eigenvalue weighted by atomic mass is 10.1. The summed E-state index contributed by atoms with van der Waals surface area (Å²) in [6.45, 7) is 0.571. The highest BCUT2D eigenvalue weighted by molar-refractivity contribution is 5.94. The van der Waals surface area contributed by atoms with E-state index in [1.54, 1.807) is 48.8 Å². The molecule has 2 N–H and O–H groups in total. The topological polar surface area (TPSA) is 71.5 Å². The van der Waals surface area contributed by atoms with Gasteiger partial charge in [-0.05, 0) is 47.9 Å². The van der Waals surface area contributed by atoms with E-state index in [0.717, 1.165) is 17.5 Å². The first kappa shape index (κ1) is 17.6. The lowest BCUT2D eigenvalue weighted by Crippen LogP contribution is -2.25. The highest BCUT2D eigenvalue weighted by atomic mass is 16.5. The fourth-order valence-corrected chi connectivity index (χ4v) is 2.48. The van der Waals surface area contributed by atoms with Crippen molar-refractivity contribution in [3.63, 3.8) is 0 Å².